The van der Waals surface area contributed by atoms with Crippen molar-refractivity contribution in [1.82, 2.24) is 0 Å². The number of unbranched alkanes of at least 4 members (excludes halogenated alkanes) is 20. The van der Waals surface area contributed by atoms with Crippen LogP contribution in [0.5, 0.6) is 0 Å². The summed E-state index contributed by atoms with van der Waals surface area (Å²) in [5.41, 5.74) is 0. The van der Waals surface area contributed by atoms with Crippen molar-refractivity contribution >= 4 is 17.9 Å². The first kappa shape index (κ1) is 66.8. The van der Waals surface area contributed by atoms with E-state index < -0.39 is 6.10 Å². The van der Waals surface area contributed by atoms with Crippen molar-refractivity contribution in [2.75, 3.05) is 13.2 Å². The Balaban J connectivity index is 4.43. The molecule has 0 heterocycles. The topological polar surface area (TPSA) is 78.9 Å². The Bertz CT molecular complexity index is 1500. The molecule has 0 amide bonds. The number of hydrogen-bond acceptors (Lipinski definition) is 6. The van der Waals surface area contributed by atoms with Crippen LogP contribution in [-0.4, -0.2) is 37.2 Å². The molecule has 1 unspecified atom stereocenters. The molecule has 71 heavy (non-hydrogen) atoms. The van der Waals surface area contributed by atoms with Crippen molar-refractivity contribution in [2.24, 2.45) is 0 Å². The van der Waals surface area contributed by atoms with Crippen LogP contribution in [0.4, 0.5) is 0 Å². The molecule has 0 saturated carbocycles. The lowest BCUT2D eigenvalue weighted by atomic mass is 10.1. The largest absolute Gasteiger partial charge is 0.462 e. The summed E-state index contributed by atoms with van der Waals surface area (Å²) in [7, 11) is 0. The second kappa shape index (κ2) is 58.4. The summed E-state index contributed by atoms with van der Waals surface area (Å²) in [5.74, 6) is -0.949. The van der Waals surface area contributed by atoms with Gasteiger partial charge in [0.2, 0.25) is 0 Å². The van der Waals surface area contributed by atoms with Crippen LogP contribution in [0.15, 0.2) is 122 Å². The highest BCUT2D eigenvalue weighted by molar-refractivity contribution is 5.71. The molecule has 0 spiro atoms. The van der Waals surface area contributed by atoms with Gasteiger partial charge < -0.3 is 14.2 Å². The zero-order valence-electron chi connectivity index (χ0n) is 45.9. The first-order valence-electron chi connectivity index (χ1n) is 29.0. The van der Waals surface area contributed by atoms with Gasteiger partial charge in [0.05, 0.1) is 0 Å². The van der Waals surface area contributed by atoms with E-state index in [2.05, 4.69) is 142 Å². The molecular formula is C65H106O6. The summed E-state index contributed by atoms with van der Waals surface area (Å²) in [6, 6.07) is 0. The number of carbonyl (C=O) groups excluding carboxylic acids is 3. The van der Waals surface area contributed by atoms with Crippen molar-refractivity contribution in [2.45, 2.75) is 258 Å². The second-order valence-corrected chi connectivity index (χ2v) is 18.8. The van der Waals surface area contributed by atoms with Gasteiger partial charge in [-0.3, -0.25) is 14.4 Å². The van der Waals surface area contributed by atoms with Gasteiger partial charge in [0.15, 0.2) is 6.10 Å². The number of allylic oxidation sites excluding steroid dienone is 20. The maximum atomic E-state index is 12.9. The first-order valence-corrected chi connectivity index (χ1v) is 29.0. The zero-order chi connectivity index (χ0) is 51.4. The molecule has 402 valence electrons. The minimum absolute atomic E-state index is 0.0991. The third-order valence-corrected chi connectivity index (χ3v) is 11.9. The maximum Gasteiger partial charge on any atom is 0.306 e. The van der Waals surface area contributed by atoms with Crippen LogP contribution in [0, 0.1) is 0 Å². The third kappa shape index (κ3) is 56.6. The highest BCUT2D eigenvalue weighted by Crippen LogP contribution is 2.13. The van der Waals surface area contributed by atoms with Crippen molar-refractivity contribution in [1.29, 1.82) is 0 Å². The van der Waals surface area contributed by atoms with Crippen LogP contribution >= 0.6 is 0 Å². The molecule has 6 nitrogen and oxygen atoms in total. The standard InChI is InChI=1S/C65H106O6/c1-4-7-10-13-16-19-22-24-26-28-30-31-32-33-35-36-38-40-43-46-49-52-55-58-64(67)70-61-62(60-69-63(66)57-54-51-48-45-42-21-18-15-12-9-6-3)71-65(68)59-56-53-50-47-44-41-39-37-34-29-27-25-23-20-17-14-11-8-5-2/h7,10,15-20,24-27,30-31,33-35,37-38,40,62H,4-6,8-9,11-14,21-23,28-29,32,36,39,41-61H2,1-3H3/b10-7-,18-15-,19-16-,20-17-,26-24-,27-25-,31-30-,35-33-,37-34-,40-38-. The van der Waals surface area contributed by atoms with Gasteiger partial charge in [0.1, 0.15) is 13.2 Å². The molecule has 0 saturated heterocycles. The van der Waals surface area contributed by atoms with E-state index >= 15 is 0 Å². The number of rotatable bonds is 51. The number of hydrogen-bond donors (Lipinski definition) is 0. The minimum Gasteiger partial charge on any atom is -0.462 e. The predicted molar refractivity (Wildman–Crippen MR) is 306 cm³/mol. The lowest BCUT2D eigenvalue weighted by Crippen LogP contribution is -2.30. The molecule has 0 aliphatic carbocycles. The fraction of sp³-hybridized carbons (Fsp3) is 0.646. The Kier molecular flexibility index (Phi) is 54.9. The van der Waals surface area contributed by atoms with E-state index in [1.165, 1.54) is 64.2 Å². The third-order valence-electron chi connectivity index (χ3n) is 11.9. The number of esters is 3. The Morgan fingerprint density at radius 3 is 0.915 bits per heavy atom. The van der Waals surface area contributed by atoms with E-state index in [-0.39, 0.29) is 31.1 Å². The summed E-state index contributed by atoms with van der Waals surface area (Å²) in [4.78, 5) is 38.1. The molecule has 0 aromatic carbocycles. The van der Waals surface area contributed by atoms with Crippen LogP contribution in [0.25, 0.3) is 0 Å². The molecular weight excluding hydrogens is 877 g/mol. The molecule has 0 aliphatic rings. The van der Waals surface area contributed by atoms with Crippen molar-refractivity contribution in [3.05, 3.63) is 122 Å². The first-order chi connectivity index (χ1) is 35.0. The van der Waals surface area contributed by atoms with Crippen molar-refractivity contribution < 1.29 is 28.6 Å². The molecule has 0 rings (SSSR count). The Morgan fingerprint density at radius 2 is 0.563 bits per heavy atom. The highest BCUT2D eigenvalue weighted by atomic mass is 16.6. The van der Waals surface area contributed by atoms with E-state index in [1.54, 1.807) is 0 Å². The molecule has 0 aromatic rings. The Labute approximate surface area is 437 Å². The molecule has 0 bridgehead atoms. The summed E-state index contributed by atoms with van der Waals surface area (Å²) >= 11 is 0. The van der Waals surface area contributed by atoms with Gasteiger partial charge in [-0.2, -0.15) is 0 Å². The monoisotopic (exact) mass is 983 g/mol. The molecule has 6 heteroatoms. The van der Waals surface area contributed by atoms with Crippen LogP contribution in [-0.2, 0) is 28.6 Å². The van der Waals surface area contributed by atoms with E-state index in [9.17, 15) is 14.4 Å². The lowest BCUT2D eigenvalue weighted by Gasteiger charge is -2.18. The minimum atomic E-state index is -0.803. The fourth-order valence-corrected chi connectivity index (χ4v) is 7.55. The van der Waals surface area contributed by atoms with Gasteiger partial charge in [-0.15, -0.1) is 0 Å². The van der Waals surface area contributed by atoms with Crippen molar-refractivity contribution in [3.8, 4) is 0 Å². The van der Waals surface area contributed by atoms with Gasteiger partial charge in [0, 0.05) is 19.3 Å². The van der Waals surface area contributed by atoms with Gasteiger partial charge in [-0.25, -0.2) is 0 Å². The molecule has 0 aromatic heterocycles. The fourth-order valence-electron chi connectivity index (χ4n) is 7.55. The van der Waals surface area contributed by atoms with Crippen LogP contribution in [0.3, 0.4) is 0 Å². The predicted octanol–water partition coefficient (Wildman–Crippen LogP) is 19.6. The molecule has 0 fully saturated rings. The van der Waals surface area contributed by atoms with Gasteiger partial charge >= 0.3 is 17.9 Å². The summed E-state index contributed by atoms with van der Waals surface area (Å²) in [6.45, 7) is 6.41. The molecule has 0 N–H and O–H groups in total. The summed E-state index contributed by atoms with van der Waals surface area (Å²) in [5, 5.41) is 0. The van der Waals surface area contributed by atoms with E-state index in [4.69, 9.17) is 14.2 Å². The van der Waals surface area contributed by atoms with E-state index in [0.29, 0.717) is 19.3 Å². The molecule has 1 atom stereocenters. The summed E-state index contributed by atoms with van der Waals surface area (Å²) < 4.78 is 16.8. The Hall–Kier alpha value is -4.19. The molecule has 0 radical (unpaired) electrons. The second-order valence-electron chi connectivity index (χ2n) is 18.8. The van der Waals surface area contributed by atoms with E-state index in [0.717, 1.165) is 148 Å². The zero-order valence-corrected chi connectivity index (χ0v) is 45.9. The van der Waals surface area contributed by atoms with Crippen LogP contribution < -0.4 is 0 Å². The lowest BCUT2D eigenvalue weighted by molar-refractivity contribution is -0.167. The van der Waals surface area contributed by atoms with Crippen molar-refractivity contribution in [3.63, 3.8) is 0 Å². The SMILES string of the molecule is CC/C=C\C/C=C\C/C=C\C/C=C\C/C=C\C/C=C\CCCCCCC(=O)OCC(COC(=O)CCCCCCC/C=C\CCCC)OC(=O)CCCCCCCC/C=C\C/C=C\C/C=C\CCCCC. The smallest absolute Gasteiger partial charge is 0.306 e. The average molecular weight is 984 g/mol. The van der Waals surface area contributed by atoms with Gasteiger partial charge in [0.25, 0.3) is 0 Å². The van der Waals surface area contributed by atoms with Gasteiger partial charge in [-0.05, 0) is 128 Å². The van der Waals surface area contributed by atoms with Gasteiger partial charge in [-0.1, -0.05) is 226 Å². The van der Waals surface area contributed by atoms with Crippen LogP contribution in [0.2, 0.25) is 0 Å². The maximum absolute atomic E-state index is 12.9. The number of carbonyl (C=O) groups is 3. The number of ether oxygens (including phenoxy) is 3. The quantitative estimate of drug-likeness (QED) is 0.0261. The average Bonchev–Trinajstić information content (AvgIpc) is 3.37. The summed E-state index contributed by atoms with van der Waals surface area (Å²) in [6.07, 6.45) is 80.4. The van der Waals surface area contributed by atoms with Crippen LogP contribution in [0.1, 0.15) is 252 Å². The highest BCUT2D eigenvalue weighted by Gasteiger charge is 2.19. The molecule has 0 aliphatic heterocycles. The normalized spacial score (nSPS) is 13.0. The Morgan fingerprint density at radius 1 is 0.296 bits per heavy atom. The van der Waals surface area contributed by atoms with E-state index in [1.807, 2.05) is 0 Å².